The molecule has 6 aromatic carbocycles. The van der Waals surface area contributed by atoms with E-state index < -0.39 is 144 Å². The van der Waals surface area contributed by atoms with E-state index in [-0.39, 0.29) is 272 Å². The zero-order chi connectivity index (χ0) is 70.8. The van der Waals surface area contributed by atoms with Crippen LogP contribution in [0.25, 0.3) is 21.5 Å². The molecule has 2 heterocycles. The molecule has 0 unspecified atom stereocenters. The van der Waals surface area contributed by atoms with Crippen LogP contribution >= 0.6 is 24.4 Å². The number of azo groups is 2. The van der Waals surface area contributed by atoms with Crippen molar-refractivity contribution in [3.8, 4) is 17.2 Å². The summed E-state index contributed by atoms with van der Waals surface area (Å²) in [5.41, 5.74) is -3.19. The van der Waals surface area contributed by atoms with Gasteiger partial charge in [-0.1, -0.05) is 0 Å². The summed E-state index contributed by atoms with van der Waals surface area (Å²) >= 11 is 0.199. The molecule has 8 aromatic rings. The molecule has 520 valence electrons. The molecule has 103 heavy (non-hydrogen) atoms. The van der Waals surface area contributed by atoms with Gasteiger partial charge in [0.05, 0.1) is 70.8 Å². The Hall–Kier alpha value is -2.73. The Morgan fingerprint density at radius 1 is 0.515 bits per heavy atom. The van der Waals surface area contributed by atoms with Gasteiger partial charge < -0.3 is 75.1 Å². The molecule has 0 bridgehead atoms. The molecule has 0 aliphatic carbocycles. The standard InChI is InChI=1S/C50H54N16O24S7.6Na/c1-5-65(6-2)49-57-45(55-47(59-49)53-33-15-14-31-32(44(33)97(83,84)85)25-38(96(80,81)82)41(42(31)68)64-61-27-9-11-28(12-10-27)94(74,75)76)51-17-18-52-46-56-48(60-50(58-46)66(7-3)8-4)54-35-24-30(95(77,78)79)21-26-22-37(91-89-87-70)40(43(69)39(26)35)63-62-34-23-29(13-16-36(34)67)93(72,73)20-19-86-92-90-88-71;;;;;;/h9-16,21-25,67-71H,5-8,17-20H2,1-4H3,(H,74,75,76)(H,77,78,79)(H,80,81,82)(H,83,84,85)(H2,51,53,55,57,59)(H2,52,54,56,58,60);;;;;;/q;6*+1/p-6. The van der Waals surface area contributed by atoms with E-state index in [4.69, 9.17) is 4.18 Å². The average molecular weight is 1620 g/mol. The number of nitrogens with zero attached hydrogens (tertiary/aromatic N) is 12. The second kappa shape index (κ2) is 42.5. The predicted molar refractivity (Wildman–Crippen MR) is 332 cm³/mol. The summed E-state index contributed by atoms with van der Waals surface area (Å²) < 4.78 is 189. The van der Waals surface area contributed by atoms with Crippen LogP contribution in [0.1, 0.15) is 27.7 Å². The van der Waals surface area contributed by atoms with E-state index in [2.05, 4.69) is 90.4 Å². The van der Waals surface area contributed by atoms with Crippen LogP contribution in [0.4, 0.5) is 69.8 Å². The minimum Gasteiger partial charge on any atom is -0.744 e. The maximum atomic E-state index is 13.2. The third kappa shape index (κ3) is 25.4. The number of benzene rings is 6. The number of phenols is 3. The molecule has 53 heteroatoms. The van der Waals surface area contributed by atoms with Gasteiger partial charge in [-0.15, -0.1) is 19.7 Å². The molecule has 2 aromatic heterocycles. The summed E-state index contributed by atoms with van der Waals surface area (Å²) in [5, 5.41) is 86.6. The maximum absolute atomic E-state index is 13.2. The number of hydrogen-bond donors (Lipinski definition) is 7. The molecule has 0 aliphatic heterocycles. The Labute approximate surface area is 728 Å². The molecule has 0 spiro atoms. The first-order valence-electron chi connectivity index (χ1n) is 27.2. The summed E-state index contributed by atoms with van der Waals surface area (Å²) in [6.45, 7) is 7.64. The Morgan fingerprint density at radius 3 is 1.55 bits per heavy atom. The van der Waals surface area contributed by atoms with E-state index >= 15 is 0 Å². The van der Waals surface area contributed by atoms with Gasteiger partial charge in [0, 0.05) is 55.4 Å². The molecule has 0 amide bonds. The van der Waals surface area contributed by atoms with Crippen LogP contribution < -0.4 is 219 Å². The Morgan fingerprint density at radius 2 is 1.04 bits per heavy atom. The van der Waals surface area contributed by atoms with Crippen molar-refractivity contribution in [2.75, 3.05) is 82.7 Å². The van der Waals surface area contributed by atoms with Crippen molar-refractivity contribution in [3.05, 3.63) is 78.9 Å². The first kappa shape index (κ1) is 96.3. The molecular formula is C50H48N16Na6O24S7. The van der Waals surface area contributed by atoms with Crippen LogP contribution in [0.15, 0.2) is 129 Å². The van der Waals surface area contributed by atoms with Crippen molar-refractivity contribution >= 4 is 166 Å². The van der Waals surface area contributed by atoms with E-state index in [9.17, 15) is 86.1 Å². The first-order chi connectivity index (χ1) is 45.8. The van der Waals surface area contributed by atoms with E-state index in [1.54, 1.807) is 37.5 Å². The molecule has 8 rings (SSSR count). The average Bonchev–Trinajstić information content (AvgIpc) is 0.742. The molecule has 0 aliphatic rings. The van der Waals surface area contributed by atoms with Gasteiger partial charge >= 0.3 is 177 Å². The number of nitrogens with one attached hydrogen (secondary N) is 4. The van der Waals surface area contributed by atoms with Crippen LogP contribution in [0.3, 0.4) is 0 Å². The van der Waals surface area contributed by atoms with Crippen molar-refractivity contribution in [3.63, 3.8) is 0 Å². The van der Waals surface area contributed by atoms with Crippen molar-refractivity contribution < 1.29 is 286 Å². The smallest absolute Gasteiger partial charge is 0.744 e. The number of rotatable bonds is 33. The summed E-state index contributed by atoms with van der Waals surface area (Å²) in [6, 6.07) is 11.9. The molecule has 7 N–H and O–H groups in total. The molecule has 0 saturated heterocycles. The van der Waals surface area contributed by atoms with E-state index in [0.717, 1.165) is 72.8 Å². The van der Waals surface area contributed by atoms with Gasteiger partial charge in [-0.3, -0.25) is 14.3 Å². The minimum absolute atomic E-state index is 0. The Balaban J connectivity index is 0.00000601. The van der Waals surface area contributed by atoms with Crippen LogP contribution in [0, 0.1) is 0 Å². The number of anilines is 8. The summed E-state index contributed by atoms with van der Waals surface area (Å²) in [4.78, 5) is 25.2. The summed E-state index contributed by atoms with van der Waals surface area (Å²) in [5.74, 6) is -4.31. The molecule has 40 nitrogen and oxygen atoms in total. The van der Waals surface area contributed by atoms with Crippen molar-refractivity contribution in [2.45, 2.75) is 57.1 Å². The number of aromatic hydroxyl groups is 3. The number of fused-ring (bicyclic) bond motifs is 2. The first-order valence-corrected chi connectivity index (χ1v) is 35.9. The Kier molecular flexibility index (Phi) is 39.7. The second-order valence-corrected chi connectivity index (χ2v) is 28.0. The minimum atomic E-state index is -5.70. The monoisotopic (exact) mass is 1620 g/mol. The van der Waals surface area contributed by atoms with Gasteiger partial charge in [0.1, 0.15) is 63.3 Å². The van der Waals surface area contributed by atoms with Gasteiger partial charge in [-0.05, 0) is 112 Å². The van der Waals surface area contributed by atoms with Gasteiger partial charge in [-0.2, -0.15) is 39.4 Å². The van der Waals surface area contributed by atoms with Gasteiger partial charge in [0.2, 0.25) is 35.7 Å². The topological polar surface area (TPSA) is 597 Å². The zero-order valence-corrected chi connectivity index (χ0v) is 73.5. The number of hydrogen-bond acceptors (Lipinski definition) is 42. The second-order valence-electron chi connectivity index (χ2n) is 19.2. The third-order valence-electron chi connectivity index (χ3n) is 13.3. The van der Waals surface area contributed by atoms with Gasteiger partial charge in [0.15, 0.2) is 33.7 Å². The quantitative estimate of drug-likeness (QED) is 0.00382. The molecule has 0 saturated carbocycles. The molecule has 0 fully saturated rings. The van der Waals surface area contributed by atoms with Gasteiger partial charge in [-0.25, -0.2) is 42.1 Å². The predicted octanol–water partition coefficient (Wildman–Crippen LogP) is -13.5. The van der Waals surface area contributed by atoms with Crippen LogP contribution in [0.2, 0.25) is 0 Å². The number of sulfone groups is 1. The number of aromatic nitrogens is 6. The SMILES string of the molecule is CCN(CC)c1nc(NCCNc2nc(Nc3cc(S(=O)(=O)[O-])cc4cc(SOO[O-])c(N=Nc5cc(S(=O)(=O)CCOSOO[O-])ccc5O)c(O)c34)nc(N(CC)CC)n2)nc(Nc2ccc3c(O)c(N=Nc4ccc(S(=O)(=O)[O-])cc4)c(S(=O)(=O)[O-])cc3c2S(=O)(=O)[O-])n1.[Na+].[Na+].[Na+].[Na+].[Na+].[Na+]. The van der Waals surface area contributed by atoms with E-state index in [0.29, 0.717) is 32.2 Å². The summed E-state index contributed by atoms with van der Waals surface area (Å²) in [6.07, 6.45) is 0. The molecular weight excluding hydrogens is 1570 g/mol. The summed E-state index contributed by atoms with van der Waals surface area (Å²) in [7, 11) is -25.8. The van der Waals surface area contributed by atoms with Crippen molar-refractivity contribution in [1.82, 2.24) is 29.9 Å². The Bertz CT molecular complexity index is 4960. The zero-order valence-electron chi connectivity index (χ0n) is 55.8. The van der Waals surface area contributed by atoms with Crippen molar-refractivity contribution in [2.24, 2.45) is 20.5 Å². The third-order valence-corrected chi connectivity index (χ3v) is 19.4. The van der Waals surface area contributed by atoms with Crippen LogP contribution in [-0.2, 0) is 73.2 Å². The van der Waals surface area contributed by atoms with Crippen LogP contribution in [-0.4, -0.2) is 157 Å². The van der Waals surface area contributed by atoms with Gasteiger partial charge in [0.25, 0.3) is 0 Å². The molecule has 0 radical (unpaired) electrons. The maximum Gasteiger partial charge on any atom is 1.00 e. The fourth-order valence-electron chi connectivity index (χ4n) is 8.84. The molecule has 0 atom stereocenters. The number of phenolic OH excluding ortho intramolecular Hbond substituents is 3. The largest absolute Gasteiger partial charge is 1.00 e. The van der Waals surface area contributed by atoms with E-state index in [1.807, 2.05) is 0 Å². The van der Waals surface area contributed by atoms with Crippen LogP contribution in [0.5, 0.6) is 17.2 Å². The normalized spacial score (nSPS) is 11.7. The fourth-order valence-corrected chi connectivity index (χ4v) is 13.2. The van der Waals surface area contributed by atoms with Crippen molar-refractivity contribution in [1.29, 1.82) is 0 Å². The fraction of sp³-hybridized carbons (Fsp3) is 0.240. The van der Waals surface area contributed by atoms with E-state index in [1.165, 1.54) is 0 Å².